The van der Waals surface area contributed by atoms with Gasteiger partial charge in [0.15, 0.2) is 0 Å². The van der Waals surface area contributed by atoms with Crippen LogP contribution >= 0.6 is 16.2 Å². The summed E-state index contributed by atoms with van der Waals surface area (Å²) >= 11 is 0. The third-order valence-electron chi connectivity index (χ3n) is 10.2. The standard InChI is InChI=1S/C46H30F12N4OP2/c47-43(48,49)29-25-37(45(53,54)55)41(39(27-29)59-31-13-5-1-6-14-31)60(32-15-7-2-8-16-32)64-35-21-23-36(24-22-35)65(63)61(33-17-9-3-10-18-33)40-28-30(44(50,51)52)26-38(46(56,57)58)42(40)62(65)34-19-11-4-12-20-34/h1-28,59,64H. The van der Waals surface area contributed by atoms with Gasteiger partial charge in [-0.1, -0.05) is 84.9 Å². The van der Waals surface area contributed by atoms with Crippen LogP contribution in [0.5, 0.6) is 0 Å². The fraction of sp³-hybridized carbons (Fsp3) is 0.0870. The van der Waals surface area contributed by atoms with Gasteiger partial charge in [-0.15, -0.1) is 0 Å². The van der Waals surface area contributed by atoms with Gasteiger partial charge in [-0.05, 0) is 90.2 Å². The molecular formula is C46H30F12N4OP2. The second-order valence-electron chi connectivity index (χ2n) is 14.5. The van der Waals surface area contributed by atoms with E-state index >= 15 is 30.9 Å². The number of hydrogen-bond acceptors (Lipinski definition) is 3. The molecule has 0 radical (unpaired) electrons. The van der Waals surface area contributed by atoms with Crippen LogP contribution in [-0.2, 0) is 29.3 Å². The predicted octanol–water partition coefficient (Wildman–Crippen LogP) is 15.4. The van der Waals surface area contributed by atoms with Gasteiger partial charge >= 0.3 is 32.1 Å². The summed E-state index contributed by atoms with van der Waals surface area (Å²) in [4.78, 5) is 0. The summed E-state index contributed by atoms with van der Waals surface area (Å²) in [5.41, 5.74) is -9.04. The van der Waals surface area contributed by atoms with Crippen molar-refractivity contribution in [3.8, 4) is 0 Å². The van der Waals surface area contributed by atoms with Crippen LogP contribution in [0, 0.1) is 0 Å². The molecule has 8 rings (SSSR count). The highest BCUT2D eigenvalue weighted by molar-refractivity contribution is 7.76. The SMILES string of the molecule is O=P1(c2ccc(PN(c3ccccc3)c3c(Nc4ccccc4)cc(C(F)(F)F)cc3C(F)(F)F)cc2)N(c2ccccc2)c2cc(C(F)(F)F)cc(C(F)(F)F)c2N1c1ccccc1. The first-order chi connectivity index (χ1) is 30.7. The van der Waals surface area contributed by atoms with Crippen LogP contribution in [0.25, 0.3) is 0 Å². The Morgan fingerprint density at radius 1 is 0.492 bits per heavy atom. The largest absolute Gasteiger partial charge is 0.418 e. The molecule has 0 fully saturated rings. The second kappa shape index (κ2) is 16.8. The molecule has 65 heavy (non-hydrogen) atoms. The van der Waals surface area contributed by atoms with Crippen molar-refractivity contribution >= 4 is 72.3 Å². The van der Waals surface area contributed by atoms with Gasteiger partial charge in [-0.25, -0.2) is 0 Å². The van der Waals surface area contributed by atoms with E-state index in [0.29, 0.717) is 12.1 Å². The Balaban J connectivity index is 1.33. The Morgan fingerprint density at radius 2 is 0.954 bits per heavy atom. The summed E-state index contributed by atoms with van der Waals surface area (Å²) in [7, 11) is -5.61. The van der Waals surface area contributed by atoms with Gasteiger partial charge in [0.1, 0.15) is 0 Å². The van der Waals surface area contributed by atoms with E-state index in [-0.39, 0.29) is 45.5 Å². The Kier molecular flexibility index (Phi) is 11.7. The molecule has 1 heterocycles. The van der Waals surface area contributed by atoms with Gasteiger partial charge in [0.2, 0.25) is 0 Å². The highest BCUT2D eigenvalue weighted by Crippen LogP contribution is 2.72. The van der Waals surface area contributed by atoms with Crippen molar-refractivity contribution in [3.05, 3.63) is 192 Å². The molecule has 5 nitrogen and oxygen atoms in total. The van der Waals surface area contributed by atoms with Crippen molar-refractivity contribution in [3.63, 3.8) is 0 Å². The van der Waals surface area contributed by atoms with Crippen LogP contribution in [0.15, 0.2) is 170 Å². The zero-order chi connectivity index (χ0) is 46.5. The van der Waals surface area contributed by atoms with E-state index < -0.39 is 85.9 Å². The molecule has 334 valence electrons. The summed E-state index contributed by atoms with van der Waals surface area (Å²) in [5.74, 6) is 0. The van der Waals surface area contributed by atoms with Gasteiger partial charge in [0, 0.05) is 31.5 Å². The van der Waals surface area contributed by atoms with E-state index in [4.69, 9.17) is 0 Å². The van der Waals surface area contributed by atoms with E-state index in [0.717, 1.165) is 14.0 Å². The van der Waals surface area contributed by atoms with E-state index in [1.54, 1.807) is 18.2 Å². The van der Waals surface area contributed by atoms with E-state index in [2.05, 4.69) is 5.32 Å². The molecule has 0 amide bonds. The Morgan fingerprint density at radius 3 is 1.46 bits per heavy atom. The van der Waals surface area contributed by atoms with Crippen molar-refractivity contribution in [1.82, 2.24) is 0 Å². The second-order valence-corrected chi connectivity index (χ2v) is 18.1. The zero-order valence-electron chi connectivity index (χ0n) is 32.9. The number of rotatable bonds is 9. The quantitative estimate of drug-likeness (QED) is 0.115. The Hall–Kier alpha value is -6.44. The topological polar surface area (TPSA) is 38.8 Å². The number of para-hydroxylation sites is 4. The smallest absolute Gasteiger partial charge is 0.354 e. The lowest BCUT2D eigenvalue weighted by Crippen LogP contribution is -2.27. The van der Waals surface area contributed by atoms with Crippen molar-refractivity contribution in [2.75, 3.05) is 19.3 Å². The number of nitrogens with zero attached hydrogens (tertiary/aromatic N) is 3. The van der Waals surface area contributed by atoms with Crippen molar-refractivity contribution < 1.29 is 57.3 Å². The van der Waals surface area contributed by atoms with Gasteiger partial charge in [0.05, 0.1) is 50.3 Å². The van der Waals surface area contributed by atoms with Crippen LogP contribution in [0.2, 0.25) is 0 Å². The molecule has 7 aromatic rings. The number of nitrogens with one attached hydrogen (secondary N) is 1. The van der Waals surface area contributed by atoms with E-state index in [9.17, 15) is 26.3 Å². The Labute approximate surface area is 364 Å². The average Bonchev–Trinajstić information content (AvgIpc) is 3.54. The number of benzene rings is 7. The molecular weight excluding hydrogens is 914 g/mol. The lowest BCUT2D eigenvalue weighted by atomic mass is 10.0. The van der Waals surface area contributed by atoms with Crippen LogP contribution in [-0.4, -0.2) is 0 Å². The summed E-state index contributed by atoms with van der Waals surface area (Å²) in [6.45, 7) is 0. The molecule has 0 aliphatic carbocycles. The van der Waals surface area contributed by atoms with Crippen molar-refractivity contribution in [2.45, 2.75) is 24.7 Å². The maximum atomic E-state index is 16.2. The lowest BCUT2D eigenvalue weighted by Gasteiger charge is -2.34. The molecule has 1 aliphatic rings. The van der Waals surface area contributed by atoms with Gasteiger partial charge < -0.3 is 9.99 Å². The normalized spacial score (nSPS) is 15.7. The fourth-order valence-electron chi connectivity index (χ4n) is 7.42. The molecule has 2 atom stereocenters. The molecule has 0 spiro atoms. The minimum absolute atomic E-state index is 0.0220. The van der Waals surface area contributed by atoms with Crippen LogP contribution in [0.4, 0.5) is 98.2 Å². The maximum absolute atomic E-state index is 16.2. The minimum Gasteiger partial charge on any atom is -0.354 e. The Bertz CT molecular complexity index is 2860. The summed E-state index contributed by atoms with van der Waals surface area (Å²) < 4.78 is 195. The average molecular weight is 945 g/mol. The van der Waals surface area contributed by atoms with Gasteiger partial charge in [-0.2, -0.15) is 52.7 Å². The molecule has 2 unspecified atom stereocenters. The van der Waals surface area contributed by atoms with Gasteiger partial charge in [-0.3, -0.25) is 13.9 Å². The highest BCUT2D eigenvalue weighted by Gasteiger charge is 2.54. The third-order valence-corrected chi connectivity index (χ3v) is 14.4. The maximum Gasteiger partial charge on any atom is 0.418 e. The van der Waals surface area contributed by atoms with E-state index in [1.165, 1.54) is 127 Å². The van der Waals surface area contributed by atoms with Crippen LogP contribution in [0.1, 0.15) is 22.3 Å². The zero-order valence-corrected chi connectivity index (χ0v) is 34.8. The first-order valence-electron chi connectivity index (χ1n) is 19.2. The molecule has 7 aromatic carbocycles. The summed E-state index contributed by atoms with van der Waals surface area (Å²) in [5, 5.41) is 2.76. The first-order valence-corrected chi connectivity index (χ1v) is 21.7. The monoisotopic (exact) mass is 944 g/mol. The predicted molar refractivity (Wildman–Crippen MR) is 230 cm³/mol. The minimum atomic E-state index is -5.39. The van der Waals surface area contributed by atoms with Crippen LogP contribution < -0.4 is 29.9 Å². The number of fused-ring (bicyclic) bond motifs is 1. The summed E-state index contributed by atoms with van der Waals surface area (Å²) in [6, 6.07) is 35.6. The molecule has 0 aromatic heterocycles. The molecule has 1 N–H and O–H groups in total. The highest BCUT2D eigenvalue weighted by atomic mass is 31.2. The van der Waals surface area contributed by atoms with Crippen LogP contribution in [0.3, 0.4) is 0 Å². The number of alkyl halides is 12. The number of hydrogen-bond donors (Lipinski definition) is 1. The van der Waals surface area contributed by atoms with Crippen molar-refractivity contribution in [2.24, 2.45) is 0 Å². The summed E-state index contributed by atoms with van der Waals surface area (Å²) in [6.07, 6.45) is -21.2. The third kappa shape index (κ3) is 8.87. The molecule has 0 saturated heterocycles. The first kappa shape index (κ1) is 45.1. The molecule has 0 saturated carbocycles. The van der Waals surface area contributed by atoms with Crippen molar-refractivity contribution in [1.29, 1.82) is 0 Å². The lowest BCUT2D eigenvalue weighted by molar-refractivity contribution is -0.144. The molecule has 1 aliphatic heterocycles. The number of halogens is 12. The molecule has 19 heteroatoms. The fourth-order valence-corrected chi connectivity index (χ4v) is 11.6. The number of anilines is 8. The van der Waals surface area contributed by atoms with E-state index in [1.807, 2.05) is 0 Å². The van der Waals surface area contributed by atoms with Gasteiger partial charge in [0.25, 0.3) is 0 Å². The molecule has 0 bridgehead atoms.